The maximum absolute atomic E-state index is 11.1. The summed E-state index contributed by atoms with van der Waals surface area (Å²) in [6, 6.07) is 0. The largest absolute Gasteiger partial charge is 0.465 e. The summed E-state index contributed by atoms with van der Waals surface area (Å²) in [4.78, 5) is 11.1. The van der Waals surface area contributed by atoms with Crippen LogP contribution in [0.2, 0.25) is 0 Å². The number of carbonyl (C=O) groups excluding carboxylic acids is 1. The number of aliphatic hydroxyl groups excluding tert-OH is 2. The second-order valence-corrected chi connectivity index (χ2v) is 9.13. The van der Waals surface area contributed by atoms with E-state index in [-0.39, 0.29) is 12.0 Å². The monoisotopic (exact) mass is 414 g/mol. The molecule has 0 radical (unpaired) electrons. The van der Waals surface area contributed by atoms with Gasteiger partial charge in [-0.2, -0.15) is 0 Å². The van der Waals surface area contributed by atoms with Gasteiger partial charge in [0.05, 0.1) is 25.4 Å². The van der Waals surface area contributed by atoms with Gasteiger partial charge in [0.15, 0.2) is 0 Å². The van der Waals surface area contributed by atoms with Crippen LogP contribution in [0.25, 0.3) is 0 Å². The van der Waals surface area contributed by atoms with Gasteiger partial charge in [-0.05, 0) is 76.2 Å². The van der Waals surface area contributed by atoms with Crippen molar-refractivity contribution in [3.63, 3.8) is 0 Å². The van der Waals surface area contributed by atoms with E-state index in [0.29, 0.717) is 17.8 Å². The number of allylic oxidation sites excluding steroid dienone is 4. The number of aliphatic hydroxyl groups is 2. The first-order chi connectivity index (χ1) is 14.3. The quantitative estimate of drug-likeness (QED) is 0.231. The molecule has 0 saturated heterocycles. The average Bonchev–Trinajstić information content (AvgIpc) is 3.19. The lowest BCUT2D eigenvalue weighted by molar-refractivity contribution is -0.134. The van der Waals surface area contributed by atoms with Crippen LogP contribution in [-0.4, -0.2) is 35.5 Å². The second kappa shape index (κ2) is 12.1. The highest BCUT2D eigenvalue weighted by Crippen LogP contribution is 2.48. The second-order valence-electron chi connectivity index (χ2n) is 9.13. The highest BCUT2D eigenvalue weighted by molar-refractivity contribution is 5.81. The topological polar surface area (TPSA) is 66.8 Å². The molecule has 166 valence electrons. The molecule has 1 saturated carbocycles. The molecular weight excluding hydrogens is 376 g/mol. The molecule has 2 rings (SSSR count). The molecule has 0 bridgehead atoms. The molecule has 0 aromatic heterocycles. The van der Waals surface area contributed by atoms with Crippen LogP contribution in [0.4, 0.5) is 0 Å². The van der Waals surface area contributed by atoms with Crippen LogP contribution in [0.1, 0.15) is 59.3 Å². The Morgan fingerprint density at radius 1 is 1.40 bits per heavy atom. The predicted octanol–water partition coefficient (Wildman–Crippen LogP) is 4.89. The fraction of sp³-hybridized carbons (Fsp3) is 0.615. The number of carbonyl (C=O) groups is 1. The van der Waals surface area contributed by atoms with Crippen LogP contribution >= 0.6 is 0 Å². The molecule has 0 aromatic carbocycles. The van der Waals surface area contributed by atoms with E-state index in [1.807, 2.05) is 18.2 Å². The smallest absolute Gasteiger partial charge is 0.338 e. The van der Waals surface area contributed by atoms with E-state index < -0.39 is 12.1 Å². The molecule has 4 heteroatoms. The Hall–Kier alpha value is -1.87. The van der Waals surface area contributed by atoms with Crippen LogP contribution in [-0.2, 0) is 9.53 Å². The summed E-state index contributed by atoms with van der Waals surface area (Å²) in [5, 5.41) is 20.9. The van der Waals surface area contributed by atoms with Crippen molar-refractivity contribution in [2.75, 3.05) is 7.11 Å². The van der Waals surface area contributed by atoms with Crippen LogP contribution in [0.5, 0.6) is 0 Å². The number of esters is 1. The van der Waals surface area contributed by atoms with Gasteiger partial charge in [-0.25, -0.2) is 4.79 Å². The highest BCUT2D eigenvalue weighted by atomic mass is 16.5. The van der Waals surface area contributed by atoms with Gasteiger partial charge >= 0.3 is 5.97 Å². The fourth-order valence-corrected chi connectivity index (χ4v) is 4.65. The lowest BCUT2D eigenvalue weighted by Crippen LogP contribution is -2.18. The van der Waals surface area contributed by atoms with Crippen molar-refractivity contribution >= 4 is 5.97 Å². The lowest BCUT2D eigenvalue weighted by atomic mass is 9.88. The first-order valence-corrected chi connectivity index (χ1v) is 11.2. The van der Waals surface area contributed by atoms with Crippen LogP contribution in [0, 0.1) is 23.7 Å². The third-order valence-electron chi connectivity index (χ3n) is 6.25. The number of ether oxygens (including phenoxy) is 1. The minimum absolute atomic E-state index is 0.0916. The normalized spacial score (nSPS) is 27.1. The number of hydrogen-bond acceptors (Lipinski definition) is 4. The summed E-state index contributed by atoms with van der Waals surface area (Å²) >= 11 is 0. The summed E-state index contributed by atoms with van der Waals surface area (Å²) < 4.78 is 4.56. The molecule has 0 heterocycles. The number of methoxy groups -OCH3 is 1. The zero-order valence-electron chi connectivity index (χ0n) is 18.9. The Labute approximate surface area is 181 Å². The molecule has 6 atom stereocenters. The Morgan fingerprint density at radius 3 is 2.87 bits per heavy atom. The van der Waals surface area contributed by atoms with E-state index in [0.717, 1.165) is 38.5 Å². The van der Waals surface area contributed by atoms with Gasteiger partial charge in [-0.1, -0.05) is 42.4 Å². The Bertz CT molecular complexity index is 719. The zero-order chi connectivity index (χ0) is 22.1. The molecule has 30 heavy (non-hydrogen) atoms. The van der Waals surface area contributed by atoms with Gasteiger partial charge in [-0.3, -0.25) is 0 Å². The Balaban J connectivity index is 1.84. The first-order valence-electron chi connectivity index (χ1n) is 11.2. The van der Waals surface area contributed by atoms with Gasteiger partial charge in [-0.15, -0.1) is 5.73 Å². The number of hydrogen-bond donors (Lipinski definition) is 2. The van der Waals surface area contributed by atoms with E-state index in [1.165, 1.54) is 24.3 Å². The molecule has 0 unspecified atom stereocenters. The SMILES string of the molecule is COC(=O)C=C=CCC1=C[C@H]2C[C@@H](O)[C@H](C=C[C@@H](O)C[C@H](C)CCC=C(C)C)[C@H]2C1. The third-order valence-corrected chi connectivity index (χ3v) is 6.25. The molecule has 0 aliphatic heterocycles. The van der Waals surface area contributed by atoms with Gasteiger partial charge in [0.25, 0.3) is 0 Å². The van der Waals surface area contributed by atoms with Crippen molar-refractivity contribution in [3.8, 4) is 0 Å². The summed E-state index contributed by atoms with van der Waals surface area (Å²) in [5.41, 5.74) is 5.53. The molecule has 2 aliphatic rings. The summed E-state index contributed by atoms with van der Waals surface area (Å²) in [7, 11) is 1.35. The van der Waals surface area contributed by atoms with Crippen molar-refractivity contribution < 1.29 is 19.7 Å². The van der Waals surface area contributed by atoms with Gasteiger partial charge in [0.1, 0.15) is 0 Å². The Morgan fingerprint density at radius 2 is 2.17 bits per heavy atom. The van der Waals surface area contributed by atoms with E-state index in [2.05, 4.69) is 43.4 Å². The van der Waals surface area contributed by atoms with Crippen LogP contribution in [0.15, 0.2) is 53.3 Å². The van der Waals surface area contributed by atoms with Crippen LogP contribution in [0.3, 0.4) is 0 Å². The fourth-order valence-electron chi connectivity index (χ4n) is 4.65. The minimum atomic E-state index is -0.460. The summed E-state index contributed by atoms with van der Waals surface area (Å²) in [6.07, 6.45) is 16.2. The zero-order valence-corrected chi connectivity index (χ0v) is 18.9. The van der Waals surface area contributed by atoms with Gasteiger partial charge in [0, 0.05) is 5.92 Å². The first kappa shape index (κ1) is 24.4. The average molecular weight is 415 g/mol. The van der Waals surface area contributed by atoms with E-state index in [9.17, 15) is 15.0 Å². The highest BCUT2D eigenvalue weighted by Gasteiger charge is 2.43. The van der Waals surface area contributed by atoms with Crippen LogP contribution < -0.4 is 0 Å². The molecule has 4 nitrogen and oxygen atoms in total. The van der Waals surface area contributed by atoms with E-state index in [1.54, 1.807) is 0 Å². The van der Waals surface area contributed by atoms with Crippen molar-refractivity contribution in [3.05, 3.63) is 53.3 Å². The van der Waals surface area contributed by atoms with Crippen molar-refractivity contribution in [2.45, 2.75) is 71.5 Å². The molecule has 1 fully saturated rings. The maximum atomic E-state index is 11.1. The van der Waals surface area contributed by atoms with Crippen molar-refractivity contribution in [2.24, 2.45) is 23.7 Å². The predicted molar refractivity (Wildman–Crippen MR) is 121 cm³/mol. The molecule has 2 N–H and O–H groups in total. The lowest BCUT2D eigenvalue weighted by Gasteiger charge is -2.19. The molecule has 2 aliphatic carbocycles. The van der Waals surface area contributed by atoms with Gasteiger partial charge < -0.3 is 14.9 Å². The summed E-state index contributed by atoms with van der Waals surface area (Å²) in [6.45, 7) is 6.41. The third kappa shape index (κ3) is 7.75. The standard InChI is InChI=1S/C26H38O4/c1-18(2)8-7-9-19(3)14-22(27)12-13-23-24-16-20(15-21(24)17-25(23)28)10-5-6-11-26(29)30-4/h5,8,11-13,15,19,21-25,27-28H,7,9-10,14,16-17H2,1-4H3/t6?,19-,21+,22-,23-,24+,25-/m1/s1. The maximum Gasteiger partial charge on any atom is 0.338 e. The molecule has 0 amide bonds. The number of fused-ring (bicyclic) bond motifs is 1. The van der Waals surface area contributed by atoms with Crippen molar-refractivity contribution in [1.29, 1.82) is 0 Å². The van der Waals surface area contributed by atoms with Gasteiger partial charge in [0.2, 0.25) is 0 Å². The number of rotatable bonds is 10. The summed E-state index contributed by atoms with van der Waals surface area (Å²) in [5.74, 6) is 0.941. The van der Waals surface area contributed by atoms with E-state index >= 15 is 0 Å². The van der Waals surface area contributed by atoms with E-state index in [4.69, 9.17) is 0 Å². The molecular formula is C26H38O4. The molecule has 0 spiro atoms. The molecule has 0 aromatic rings. The minimum Gasteiger partial charge on any atom is -0.465 e. The van der Waals surface area contributed by atoms with Crippen molar-refractivity contribution in [1.82, 2.24) is 0 Å². The Kier molecular flexibility index (Phi) is 9.84.